The molecule has 8 rings (SSSR count). The van der Waals surface area contributed by atoms with Crippen LogP contribution in [0.2, 0.25) is 0 Å². The standard InChI is InChI=1S/C24H28.C21H13N/c1-2-3-4-5-9-18-11-8-13-22-21(18)16-17-23-20-12-7-6-10-19(20)14-15-24(22)23;22-14-15-5-7-16(8-6-15)18-11-12-21-19(13-18)10-9-17-3-1-2-4-20(17)21/h6-8,10,12-15,18H,2-5,9,11,16-17H2,1H3;1-13H. The van der Waals surface area contributed by atoms with Crippen LogP contribution in [0.4, 0.5) is 0 Å². The zero-order chi connectivity index (χ0) is 31.3. The summed E-state index contributed by atoms with van der Waals surface area (Å²) in [7, 11) is 0. The van der Waals surface area contributed by atoms with Crippen LogP contribution in [0.25, 0.3) is 49.0 Å². The molecule has 0 saturated carbocycles. The summed E-state index contributed by atoms with van der Waals surface area (Å²) < 4.78 is 0. The van der Waals surface area contributed by atoms with E-state index in [1.807, 2.05) is 24.3 Å². The first-order valence-electron chi connectivity index (χ1n) is 17.1. The smallest absolute Gasteiger partial charge is 0.0991 e. The van der Waals surface area contributed by atoms with Gasteiger partial charge < -0.3 is 0 Å². The molecule has 1 nitrogen and oxygen atoms in total. The van der Waals surface area contributed by atoms with Crippen molar-refractivity contribution in [3.8, 4) is 17.2 Å². The van der Waals surface area contributed by atoms with E-state index in [0.717, 1.165) is 11.5 Å². The third-order valence-corrected chi connectivity index (χ3v) is 10.0. The summed E-state index contributed by atoms with van der Waals surface area (Å²) in [6, 6.07) is 42.8. The Bertz CT molecular complexity index is 2120. The third-order valence-electron chi connectivity index (χ3n) is 10.0. The molecule has 0 saturated heterocycles. The maximum atomic E-state index is 8.89. The zero-order valence-electron chi connectivity index (χ0n) is 26.8. The molecule has 226 valence electrons. The Morgan fingerprint density at radius 3 is 2.15 bits per heavy atom. The Labute approximate surface area is 273 Å². The van der Waals surface area contributed by atoms with Crippen molar-refractivity contribution in [2.75, 3.05) is 0 Å². The van der Waals surface area contributed by atoms with E-state index in [0.29, 0.717) is 5.56 Å². The summed E-state index contributed by atoms with van der Waals surface area (Å²) in [5.74, 6) is 0.793. The Kier molecular flexibility index (Phi) is 8.80. The van der Waals surface area contributed by atoms with Gasteiger partial charge in [-0.25, -0.2) is 0 Å². The van der Waals surface area contributed by atoms with Gasteiger partial charge in [0.15, 0.2) is 0 Å². The van der Waals surface area contributed by atoms with E-state index in [9.17, 15) is 0 Å². The van der Waals surface area contributed by atoms with Crippen molar-refractivity contribution in [3.05, 3.63) is 150 Å². The van der Waals surface area contributed by atoms with Gasteiger partial charge >= 0.3 is 0 Å². The molecule has 0 amide bonds. The molecule has 0 aromatic heterocycles. The first kappa shape index (κ1) is 29.8. The lowest BCUT2D eigenvalue weighted by Crippen LogP contribution is -2.15. The van der Waals surface area contributed by atoms with Crippen molar-refractivity contribution in [1.82, 2.24) is 0 Å². The fraction of sp³-hybridized carbons (Fsp3) is 0.222. The molecule has 6 aromatic carbocycles. The van der Waals surface area contributed by atoms with Gasteiger partial charge in [0, 0.05) is 0 Å². The molecule has 0 aliphatic heterocycles. The van der Waals surface area contributed by atoms with Gasteiger partial charge in [-0.05, 0) is 110 Å². The number of fused-ring (bicyclic) bond motifs is 7. The molecular weight excluding hydrogens is 555 g/mol. The minimum Gasteiger partial charge on any atom is -0.192 e. The number of benzene rings is 6. The largest absolute Gasteiger partial charge is 0.192 e. The van der Waals surface area contributed by atoms with Gasteiger partial charge in [0.1, 0.15) is 0 Å². The number of rotatable bonds is 6. The molecule has 6 aromatic rings. The first-order chi connectivity index (χ1) is 22.7. The van der Waals surface area contributed by atoms with Crippen molar-refractivity contribution in [2.24, 2.45) is 5.92 Å². The molecule has 1 unspecified atom stereocenters. The number of aryl methyl sites for hydroxylation is 1. The molecule has 1 atom stereocenters. The number of nitriles is 1. The highest BCUT2D eigenvalue weighted by molar-refractivity contribution is 6.08. The van der Waals surface area contributed by atoms with Gasteiger partial charge in [-0.1, -0.05) is 147 Å². The van der Waals surface area contributed by atoms with E-state index in [2.05, 4.69) is 116 Å². The lowest BCUT2D eigenvalue weighted by atomic mass is 9.74. The SMILES string of the molecule is CCCCCCC1CC=CC2=C1CCc1c2ccc2ccccc12.N#Cc1ccc(-c2ccc3c(ccc4ccccc43)c2)cc1. The second-order valence-corrected chi connectivity index (χ2v) is 12.8. The quantitative estimate of drug-likeness (QED) is 0.139. The van der Waals surface area contributed by atoms with Crippen molar-refractivity contribution in [3.63, 3.8) is 0 Å². The zero-order valence-corrected chi connectivity index (χ0v) is 26.8. The summed E-state index contributed by atoms with van der Waals surface area (Å²) in [4.78, 5) is 0. The first-order valence-corrected chi connectivity index (χ1v) is 17.1. The number of allylic oxidation sites excluding steroid dienone is 4. The average molecular weight is 596 g/mol. The van der Waals surface area contributed by atoms with E-state index in [1.165, 1.54) is 94.8 Å². The van der Waals surface area contributed by atoms with Gasteiger partial charge in [-0.2, -0.15) is 5.26 Å². The molecule has 46 heavy (non-hydrogen) atoms. The van der Waals surface area contributed by atoms with Crippen LogP contribution in [0.1, 0.15) is 68.6 Å². The molecule has 2 aliphatic carbocycles. The van der Waals surface area contributed by atoms with Crippen LogP contribution < -0.4 is 0 Å². The molecule has 0 N–H and O–H groups in total. The molecule has 2 aliphatic rings. The Morgan fingerprint density at radius 1 is 0.652 bits per heavy atom. The average Bonchev–Trinajstić information content (AvgIpc) is 3.13. The Morgan fingerprint density at radius 2 is 1.35 bits per heavy atom. The number of unbranched alkanes of at least 4 members (excludes halogenated alkanes) is 3. The van der Waals surface area contributed by atoms with Crippen LogP contribution in [0.15, 0.2) is 133 Å². The van der Waals surface area contributed by atoms with E-state index in [-0.39, 0.29) is 0 Å². The van der Waals surface area contributed by atoms with Crippen LogP contribution in [-0.2, 0) is 6.42 Å². The molecule has 0 fully saturated rings. The lowest BCUT2D eigenvalue weighted by molar-refractivity contribution is 0.497. The van der Waals surface area contributed by atoms with Gasteiger partial charge in [-0.15, -0.1) is 0 Å². The third kappa shape index (κ3) is 6.01. The van der Waals surface area contributed by atoms with E-state index in [4.69, 9.17) is 5.26 Å². The van der Waals surface area contributed by atoms with Crippen molar-refractivity contribution < 1.29 is 0 Å². The highest BCUT2D eigenvalue weighted by atomic mass is 14.3. The minimum absolute atomic E-state index is 0.690. The predicted octanol–water partition coefficient (Wildman–Crippen LogP) is 12.6. The highest BCUT2D eigenvalue weighted by Gasteiger charge is 2.26. The highest BCUT2D eigenvalue weighted by Crippen LogP contribution is 2.43. The van der Waals surface area contributed by atoms with Crippen molar-refractivity contribution in [2.45, 2.75) is 58.3 Å². The van der Waals surface area contributed by atoms with E-state index in [1.54, 1.807) is 16.7 Å². The topological polar surface area (TPSA) is 23.8 Å². The maximum Gasteiger partial charge on any atom is 0.0991 e. The maximum absolute atomic E-state index is 8.89. The van der Waals surface area contributed by atoms with Gasteiger partial charge in [-0.3, -0.25) is 0 Å². The van der Waals surface area contributed by atoms with Gasteiger partial charge in [0.2, 0.25) is 0 Å². The molecule has 0 spiro atoms. The van der Waals surface area contributed by atoms with Crippen molar-refractivity contribution in [1.29, 1.82) is 5.26 Å². The fourth-order valence-corrected chi connectivity index (χ4v) is 7.58. The number of nitrogens with zero attached hydrogens (tertiary/aromatic N) is 1. The fourth-order valence-electron chi connectivity index (χ4n) is 7.58. The Hall–Kier alpha value is -4.93. The van der Waals surface area contributed by atoms with Crippen LogP contribution in [0.3, 0.4) is 0 Å². The summed E-state index contributed by atoms with van der Waals surface area (Å²) in [5.41, 5.74) is 9.37. The molecule has 0 bridgehead atoms. The number of hydrogen-bond acceptors (Lipinski definition) is 1. The second kappa shape index (κ2) is 13.6. The normalized spacial score (nSPS) is 15.3. The Balaban J connectivity index is 0.000000147. The lowest BCUT2D eigenvalue weighted by Gasteiger charge is -2.31. The van der Waals surface area contributed by atoms with Crippen LogP contribution in [0.5, 0.6) is 0 Å². The van der Waals surface area contributed by atoms with Crippen LogP contribution in [0, 0.1) is 17.2 Å². The molecular formula is C45H41N. The second-order valence-electron chi connectivity index (χ2n) is 12.8. The summed E-state index contributed by atoms with van der Waals surface area (Å²) in [5, 5.41) is 16.8. The number of hydrogen-bond donors (Lipinski definition) is 0. The van der Waals surface area contributed by atoms with E-state index < -0.39 is 0 Å². The van der Waals surface area contributed by atoms with Crippen molar-refractivity contribution >= 4 is 37.9 Å². The molecule has 0 radical (unpaired) electrons. The minimum atomic E-state index is 0.690. The molecule has 1 heteroatoms. The summed E-state index contributed by atoms with van der Waals surface area (Å²) >= 11 is 0. The summed E-state index contributed by atoms with van der Waals surface area (Å²) in [6.07, 6.45) is 15.5. The predicted molar refractivity (Wildman–Crippen MR) is 197 cm³/mol. The van der Waals surface area contributed by atoms with E-state index >= 15 is 0 Å². The van der Waals surface area contributed by atoms with Gasteiger partial charge in [0.05, 0.1) is 11.6 Å². The van der Waals surface area contributed by atoms with Crippen LogP contribution >= 0.6 is 0 Å². The van der Waals surface area contributed by atoms with Crippen LogP contribution in [-0.4, -0.2) is 0 Å². The molecule has 0 heterocycles. The van der Waals surface area contributed by atoms with Gasteiger partial charge in [0.25, 0.3) is 0 Å². The summed E-state index contributed by atoms with van der Waals surface area (Å²) in [6.45, 7) is 2.30. The monoisotopic (exact) mass is 595 g/mol.